The van der Waals surface area contributed by atoms with Crippen molar-refractivity contribution in [2.24, 2.45) is 0 Å². The molecule has 0 amide bonds. The zero-order chi connectivity index (χ0) is 16.2. The maximum absolute atomic E-state index is 5.89. The molecule has 0 saturated carbocycles. The standard InChI is InChI=1S/C17H20N5O/c1-3-13-11-22(10-12-7-5-4-6-8-12)21-15(13)17-19-9-14(23-2)16(18)20-17/h4-7,9,11H,3,8,10H2,1-2H3,(H2,18,19,20). The van der Waals surface area contributed by atoms with Gasteiger partial charge < -0.3 is 10.5 Å². The summed E-state index contributed by atoms with van der Waals surface area (Å²) in [7, 11) is 1.55. The van der Waals surface area contributed by atoms with Crippen LogP contribution in [-0.2, 0) is 13.0 Å². The molecule has 1 aliphatic rings. The number of allylic oxidation sites excluding steroid dienone is 4. The average molecular weight is 310 g/mol. The maximum atomic E-state index is 5.89. The predicted molar refractivity (Wildman–Crippen MR) is 89.7 cm³/mol. The molecule has 0 atom stereocenters. The predicted octanol–water partition coefficient (Wildman–Crippen LogP) is 2.58. The van der Waals surface area contributed by atoms with Crippen molar-refractivity contribution in [3.63, 3.8) is 0 Å². The fourth-order valence-corrected chi connectivity index (χ4v) is 2.53. The second kappa shape index (κ2) is 6.64. The number of ether oxygens (including phenoxy) is 1. The van der Waals surface area contributed by atoms with Gasteiger partial charge in [0, 0.05) is 11.8 Å². The molecule has 0 unspecified atom stereocenters. The Morgan fingerprint density at radius 1 is 1.35 bits per heavy atom. The van der Waals surface area contributed by atoms with Gasteiger partial charge in [-0.1, -0.05) is 25.2 Å². The van der Waals surface area contributed by atoms with E-state index in [9.17, 15) is 0 Å². The molecule has 0 aromatic carbocycles. The Hall–Kier alpha value is -2.63. The lowest BCUT2D eigenvalue weighted by atomic mass is 10.1. The van der Waals surface area contributed by atoms with Gasteiger partial charge in [-0.15, -0.1) is 0 Å². The van der Waals surface area contributed by atoms with Gasteiger partial charge in [-0.3, -0.25) is 4.68 Å². The molecule has 6 nitrogen and oxygen atoms in total. The van der Waals surface area contributed by atoms with Crippen LogP contribution in [0.1, 0.15) is 18.9 Å². The smallest absolute Gasteiger partial charge is 0.182 e. The molecule has 2 N–H and O–H groups in total. The van der Waals surface area contributed by atoms with Gasteiger partial charge in [-0.2, -0.15) is 5.10 Å². The van der Waals surface area contributed by atoms with Crippen molar-refractivity contribution in [3.8, 4) is 17.3 Å². The molecule has 6 heteroatoms. The molecule has 0 spiro atoms. The van der Waals surface area contributed by atoms with Crippen LogP contribution in [0.5, 0.6) is 5.75 Å². The number of aromatic nitrogens is 4. The van der Waals surface area contributed by atoms with Crippen molar-refractivity contribution in [2.45, 2.75) is 26.3 Å². The quantitative estimate of drug-likeness (QED) is 0.918. The summed E-state index contributed by atoms with van der Waals surface area (Å²) < 4.78 is 7.05. The van der Waals surface area contributed by atoms with Crippen LogP contribution in [0.15, 0.2) is 36.2 Å². The minimum absolute atomic E-state index is 0.323. The number of hydrogen-bond donors (Lipinski definition) is 1. The number of aryl methyl sites for hydroxylation is 1. The summed E-state index contributed by atoms with van der Waals surface area (Å²) in [4.78, 5) is 8.64. The van der Waals surface area contributed by atoms with E-state index < -0.39 is 0 Å². The monoisotopic (exact) mass is 310 g/mol. The Bertz CT molecular complexity index is 760. The summed E-state index contributed by atoms with van der Waals surface area (Å²) in [6, 6.07) is 0. The second-order valence-electron chi connectivity index (χ2n) is 5.35. The van der Waals surface area contributed by atoms with Crippen molar-refractivity contribution in [1.29, 1.82) is 0 Å². The summed E-state index contributed by atoms with van der Waals surface area (Å²) in [6.07, 6.45) is 13.8. The van der Waals surface area contributed by atoms with Gasteiger partial charge >= 0.3 is 0 Å². The molecule has 119 valence electrons. The largest absolute Gasteiger partial charge is 0.491 e. The highest BCUT2D eigenvalue weighted by atomic mass is 16.5. The number of nitrogens with zero attached hydrogens (tertiary/aromatic N) is 4. The van der Waals surface area contributed by atoms with Crippen LogP contribution in [0, 0.1) is 6.42 Å². The molecule has 2 heterocycles. The van der Waals surface area contributed by atoms with E-state index in [1.807, 2.05) is 4.68 Å². The lowest BCUT2D eigenvalue weighted by Crippen LogP contribution is -2.04. The molecule has 23 heavy (non-hydrogen) atoms. The number of nitrogens with two attached hydrogens (primary N) is 1. The van der Waals surface area contributed by atoms with E-state index in [1.165, 1.54) is 5.57 Å². The van der Waals surface area contributed by atoms with E-state index in [2.05, 4.69) is 52.8 Å². The summed E-state index contributed by atoms with van der Waals surface area (Å²) in [6.45, 7) is 2.85. The lowest BCUT2D eigenvalue weighted by Gasteiger charge is -2.08. The Morgan fingerprint density at radius 2 is 2.22 bits per heavy atom. The Morgan fingerprint density at radius 3 is 2.87 bits per heavy atom. The fraction of sp³-hybridized carbons (Fsp3) is 0.294. The Kier molecular flexibility index (Phi) is 4.41. The van der Waals surface area contributed by atoms with Gasteiger partial charge in [0.25, 0.3) is 0 Å². The van der Waals surface area contributed by atoms with E-state index in [0.717, 1.165) is 30.6 Å². The first-order valence-electron chi connectivity index (χ1n) is 7.62. The third-order valence-corrected chi connectivity index (χ3v) is 3.76. The molecular formula is C17H20N5O. The average Bonchev–Trinajstić information content (AvgIpc) is 2.98. The summed E-state index contributed by atoms with van der Waals surface area (Å²) in [5, 5.41) is 4.66. The number of hydrogen-bond acceptors (Lipinski definition) is 5. The van der Waals surface area contributed by atoms with Crippen LogP contribution in [0.3, 0.4) is 0 Å². The highest BCUT2D eigenvalue weighted by Crippen LogP contribution is 2.24. The molecule has 2 aromatic rings. The summed E-state index contributed by atoms with van der Waals surface area (Å²) in [5.74, 6) is 1.33. The molecule has 0 bridgehead atoms. The second-order valence-corrected chi connectivity index (χ2v) is 5.35. The van der Waals surface area contributed by atoms with Crippen LogP contribution in [0.2, 0.25) is 0 Å². The number of rotatable bonds is 5. The van der Waals surface area contributed by atoms with E-state index in [4.69, 9.17) is 10.5 Å². The molecule has 0 fully saturated rings. The van der Waals surface area contributed by atoms with E-state index in [0.29, 0.717) is 17.4 Å². The topological polar surface area (TPSA) is 78.8 Å². The minimum Gasteiger partial charge on any atom is -0.491 e. The first kappa shape index (κ1) is 15.3. The fourth-order valence-electron chi connectivity index (χ4n) is 2.53. The maximum Gasteiger partial charge on any atom is 0.182 e. The van der Waals surface area contributed by atoms with Crippen molar-refractivity contribution < 1.29 is 4.74 Å². The van der Waals surface area contributed by atoms with Crippen LogP contribution in [0.4, 0.5) is 5.82 Å². The van der Waals surface area contributed by atoms with Gasteiger partial charge in [0.2, 0.25) is 0 Å². The number of nitrogen functional groups attached to an aromatic ring is 1. The van der Waals surface area contributed by atoms with Gasteiger partial charge in [0.15, 0.2) is 17.4 Å². The van der Waals surface area contributed by atoms with Crippen LogP contribution in [-0.4, -0.2) is 26.9 Å². The van der Waals surface area contributed by atoms with Gasteiger partial charge in [0.1, 0.15) is 5.69 Å². The van der Waals surface area contributed by atoms with E-state index in [1.54, 1.807) is 13.3 Å². The highest BCUT2D eigenvalue weighted by Gasteiger charge is 2.15. The molecular weight excluding hydrogens is 290 g/mol. The Labute approximate surface area is 135 Å². The lowest BCUT2D eigenvalue weighted by molar-refractivity contribution is 0.413. The van der Waals surface area contributed by atoms with Crippen LogP contribution >= 0.6 is 0 Å². The van der Waals surface area contributed by atoms with Crippen molar-refractivity contribution in [3.05, 3.63) is 48.2 Å². The van der Waals surface area contributed by atoms with Crippen molar-refractivity contribution in [2.75, 3.05) is 12.8 Å². The number of anilines is 1. The zero-order valence-electron chi connectivity index (χ0n) is 13.4. The van der Waals surface area contributed by atoms with Crippen LogP contribution < -0.4 is 10.5 Å². The molecule has 2 aromatic heterocycles. The first-order valence-corrected chi connectivity index (χ1v) is 7.62. The normalized spacial score (nSPS) is 13.9. The third-order valence-electron chi connectivity index (χ3n) is 3.76. The van der Waals surface area contributed by atoms with Crippen molar-refractivity contribution in [1.82, 2.24) is 19.7 Å². The summed E-state index contributed by atoms with van der Waals surface area (Å²) >= 11 is 0. The van der Waals surface area contributed by atoms with Crippen LogP contribution in [0.25, 0.3) is 11.5 Å². The molecule has 3 rings (SSSR count). The SMILES string of the molecule is CCc1cn(CC2=CC=C[CH]C2)nc1-c1ncc(OC)c(N)n1. The van der Waals surface area contributed by atoms with Gasteiger partial charge in [-0.05, 0) is 24.8 Å². The molecule has 0 saturated heterocycles. The molecule has 0 aliphatic heterocycles. The van der Waals surface area contributed by atoms with Gasteiger partial charge in [-0.25, -0.2) is 9.97 Å². The van der Waals surface area contributed by atoms with E-state index >= 15 is 0 Å². The third kappa shape index (κ3) is 3.26. The molecule has 1 aliphatic carbocycles. The molecule has 1 radical (unpaired) electrons. The van der Waals surface area contributed by atoms with Crippen molar-refractivity contribution >= 4 is 5.82 Å². The minimum atomic E-state index is 0.323. The summed E-state index contributed by atoms with van der Waals surface area (Å²) in [5.41, 5.74) is 9.08. The first-order chi connectivity index (χ1) is 11.2. The zero-order valence-corrected chi connectivity index (χ0v) is 13.4. The highest BCUT2D eigenvalue weighted by molar-refractivity contribution is 5.58. The Balaban J connectivity index is 1.91. The van der Waals surface area contributed by atoms with E-state index in [-0.39, 0.29) is 0 Å². The van der Waals surface area contributed by atoms with Gasteiger partial charge in [0.05, 0.1) is 19.9 Å². The number of methoxy groups -OCH3 is 1.